The highest BCUT2D eigenvalue weighted by atomic mass is 16.2. The topological polar surface area (TPSA) is 34.1 Å². The highest BCUT2D eigenvalue weighted by molar-refractivity contribution is 6.50. The molecule has 0 spiro atoms. The van der Waals surface area contributed by atoms with Crippen molar-refractivity contribution >= 4 is 11.6 Å². The van der Waals surface area contributed by atoms with Crippen LogP contribution in [0.2, 0.25) is 0 Å². The van der Waals surface area contributed by atoms with Gasteiger partial charge >= 0.3 is 0 Å². The van der Waals surface area contributed by atoms with Crippen molar-refractivity contribution in [3.8, 4) is 0 Å². The molecule has 2 rings (SSSR count). The minimum atomic E-state index is -0.389. The number of Topliss-reactive ketones (excluding diaryl/α,β-unsaturated/α-hetero) is 2. The second kappa shape index (κ2) is 6.83. The monoisotopic (exact) mass is 350 g/mol. The van der Waals surface area contributed by atoms with Crippen LogP contribution in [0.5, 0.6) is 0 Å². The molecule has 2 aromatic carbocycles. The van der Waals surface area contributed by atoms with Crippen molar-refractivity contribution in [3.63, 3.8) is 0 Å². The molecule has 0 heterocycles. The summed E-state index contributed by atoms with van der Waals surface area (Å²) in [6, 6.07) is 0. The van der Waals surface area contributed by atoms with E-state index >= 15 is 0 Å². The largest absolute Gasteiger partial charge is 0.285 e. The number of hydrogen-bond acceptors (Lipinski definition) is 2. The van der Waals surface area contributed by atoms with Gasteiger partial charge in [-0.3, -0.25) is 9.59 Å². The summed E-state index contributed by atoms with van der Waals surface area (Å²) < 4.78 is 0. The minimum absolute atomic E-state index is 0.389. The van der Waals surface area contributed by atoms with Crippen LogP contribution >= 0.6 is 0 Å². The number of ketones is 2. The highest BCUT2D eigenvalue weighted by Crippen LogP contribution is 2.30. The van der Waals surface area contributed by atoms with Gasteiger partial charge in [0.2, 0.25) is 11.6 Å². The van der Waals surface area contributed by atoms with E-state index in [1.165, 1.54) is 11.1 Å². The molecule has 0 aliphatic carbocycles. The Morgan fingerprint density at radius 2 is 0.500 bits per heavy atom. The van der Waals surface area contributed by atoms with Gasteiger partial charge in [-0.25, -0.2) is 0 Å². The van der Waals surface area contributed by atoms with Gasteiger partial charge in [0, 0.05) is 11.1 Å². The molecule has 26 heavy (non-hydrogen) atoms. The summed E-state index contributed by atoms with van der Waals surface area (Å²) in [5.74, 6) is -0.778. The summed E-state index contributed by atoms with van der Waals surface area (Å²) in [4.78, 5) is 26.5. The normalized spacial score (nSPS) is 11.0. The summed E-state index contributed by atoms with van der Waals surface area (Å²) in [6.45, 7) is 20.0. The number of benzene rings is 2. The first-order valence-electron chi connectivity index (χ1n) is 9.16. The Labute approximate surface area is 157 Å². The summed E-state index contributed by atoms with van der Waals surface area (Å²) >= 11 is 0. The fourth-order valence-electron chi connectivity index (χ4n) is 3.91. The van der Waals surface area contributed by atoms with Gasteiger partial charge in [0.15, 0.2) is 0 Å². The maximum absolute atomic E-state index is 13.3. The van der Waals surface area contributed by atoms with E-state index in [-0.39, 0.29) is 11.6 Å². The lowest BCUT2D eigenvalue weighted by molar-refractivity contribution is 0.0815. The van der Waals surface area contributed by atoms with Crippen molar-refractivity contribution in [3.05, 3.63) is 66.8 Å². The summed E-state index contributed by atoms with van der Waals surface area (Å²) in [5, 5.41) is 0. The smallest absolute Gasteiger partial charge is 0.234 e. The summed E-state index contributed by atoms with van der Waals surface area (Å²) in [6.07, 6.45) is 0. The first-order valence-corrected chi connectivity index (χ1v) is 9.16. The van der Waals surface area contributed by atoms with Gasteiger partial charge in [-0.1, -0.05) is 0 Å². The van der Waals surface area contributed by atoms with Gasteiger partial charge in [-0.05, 0) is 125 Å². The lowest BCUT2D eigenvalue weighted by atomic mass is 9.82. The van der Waals surface area contributed by atoms with Crippen LogP contribution in [0.4, 0.5) is 0 Å². The zero-order valence-electron chi connectivity index (χ0n) is 17.8. The molecule has 0 saturated carbocycles. The van der Waals surface area contributed by atoms with Crippen LogP contribution in [0.1, 0.15) is 76.4 Å². The van der Waals surface area contributed by atoms with Gasteiger partial charge in [0.05, 0.1) is 0 Å². The zero-order chi connectivity index (χ0) is 20.1. The SMILES string of the molecule is Cc1c(C)c(C)c(C(=O)C(=O)c2c(C)c(C)c(C)c(C)c2C)c(C)c1C. The number of carbonyl (C=O) groups is 2. The van der Waals surface area contributed by atoms with E-state index in [0.717, 1.165) is 44.5 Å². The lowest BCUT2D eigenvalue weighted by Gasteiger charge is -2.20. The Morgan fingerprint density at radius 1 is 0.346 bits per heavy atom. The van der Waals surface area contributed by atoms with Crippen molar-refractivity contribution in [1.82, 2.24) is 0 Å². The Kier molecular flexibility index (Phi) is 5.28. The zero-order valence-corrected chi connectivity index (χ0v) is 17.8. The van der Waals surface area contributed by atoms with Gasteiger partial charge in [-0.15, -0.1) is 0 Å². The Morgan fingerprint density at radius 3 is 0.692 bits per heavy atom. The van der Waals surface area contributed by atoms with Crippen LogP contribution < -0.4 is 0 Å². The van der Waals surface area contributed by atoms with Crippen LogP contribution in [0.3, 0.4) is 0 Å². The molecule has 0 amide bonds. The van der Waals surface area contributed by atoms with E-state index in [1.807, 2.05) is 55.4 Å². The quantitative estimate of drug-likeness (QED) is 0.515. The Balaban J connectivity index is 2.74. The van der Waals surface area contributed by atoms with E-state index in [0.29, 0.717) is 11.1 Å². The van der Waals surface area contributed by atoms with Crippen LogP contribution in [0, 0.1) is 69.2 Å². The van der Waals surface area contributed by atoms with E-state index in [9.17, 15) is 9.59 Å². The standard InChI is InChI=1S/C24H30O2/c1-11-13(3)17(7)21(18(8)14(11)4)23(25)24(26)22-19(9)15(5)12(2)16(6)20(22)10/h1-10H3. The molecule has 0 radical (unpaired) electrons. The number of rotatable bonds is 3. The average molecular weight is 351 g/mol. The third-order valence-corrected chi connectivity index (χ3v) is 6.66. The van der Waals surface area contributed by atoms with Crippen molar-refractivity contribution in [2.75, 3.05) is 0 Å². The molecular formula is C24H30O2. The molecule has 0 aromatic heterocycles. The fourth-order valence-corrected chi connectivity index (χ4v) is 3.91. The molecule has 2 aromatic rings. The minimum Gasteiger partial charge on any atom is -0.285 e. The van der Waals surface area contributed by atoms with E-state index in [2.05, 4.69) is 13.8 Å². The molecule has 0 aliphatic rings. The number of hydrogen-bond donors (Lipinski definition) is 0. The van der Waals surface area contributed by atoms with Crippen LogP contribution in [-0.2, 0) is 0 Å². The molecule has 0 bridgehead atoms. The second-order valence-corrected chi connectivity index (χ2v) is 7.66. The van der Waals surface area contributed by atoms with Gasteiger partial charge in [0.25, 0.3) is 0 Å². The molecular weight excluding hydrogens is 320 g/mol. The summed E-state index contributed by atoms with van der Waals surface area (Å²) in [5.41, 5.74) is 11.6. The molecule has 138 valence electrons. The van der Waals surface area contributed by atoms with Crippen LogP contribution in [0.25, 0.3) is 0 Å². The van der Waals surface area contributed by atoms with Crippen molar-refractivity contribution in [2.24, 2.45) is 0 Å². The average Bonchev–Trinajstić information content (AvgIpc) is 2.61. The Hall–Kier alpha value is -2.22. The first kappa shape index (κ1) is 20.1. The van der Waals surface area contributed by atoms with Crippen molar-refractivity contribution in [2.45, 2.75) is 69.2 Å². The predicted octanol–water partition coefficient (Wildman–Crippen LogP) is 5.84. The first-order chi connectivity index (χ1) is 11.9. The maximum atomic E-state index is 13.3. The lowest BCUT2D eigenvalue weighted by Crippen LogP contribution is -2.22. The molecule has 0 saturated heterocycles. The van der Waals surface area contributed by atoms with Crippen LogP contribution in [0.15, 0.2) is 0 Å². The molecule has 0 aliphatic heterocycles. The van der Waals surface area contributed by atoms with Gasteiger partial charge in [-0.2, -0.15) is 0 Å². The highest BCUT2D eigenvalue weighted by Gasteiger charge is 2.28. The van der Waals surface area contributed by atoms with Crippen molar-refractivity contribution in [1.29, 1.82) is 0 Å². The van der Waals surface area contributed by atoms with E-state index in [1.54, 1.807) is 0 Å². The Bertz CT molecular complexity index is 822. The maximum Gasteiger partial charge on any atom is 0.234 e. The predicted molar refractivity (Wildman–Crippen MR) is 109 cm³/mol. The third kappa shape index (κ3) is 2.82. The molecule has 0 atom stereocenters. The van der Waals surface area contributed by atoms with Gasteiger partial charge in [0.1, 0.15) is 0 Å². The summed E-state index contributed by atoms with van der Waals surface area (Å²) in [7, 11) is 0. The number of carbonyl (C=O) groups excluding carboxylic acids is 2. The van der Waals surface area contributed by atoms with E-state index < -0.39 is 0 Å². The molecule has 0 N–H and O–H groups in total. The van der Waals surface area contributed by atoms with Crippen LogP contribution in [-0.4, -0.2) is 11.6 Å². The fraction of sp³-hybridized carbons (Fsp3) is 0.417. The van der Waals surface area contributed by atoms with Gasteiger partial charge < -0.3 is 0 Å². The molecule has 2 heteroatoms. The molecule has 0 unspecified atom stereocenters. The van der Waals surface area contributed by atoms with E-state index in [4.69, 9.17) is 0 Å². The van der Waals surface area contributed by atoms with Crippen molar-refractivity contribution < 1.29 is 9.59 Å². The molecule has 2 nitrogen and oxygen atoms in total. The third-order valence-electron chi connectivity index (χ3n) is 6.66. The molecule has 0 fully saturated rings. The second-order valence-electron chi connectivity index (χ2n) is 7.66.